The summed E-state index contributed by atoms with van der Waals surface area (Å²) in [6.45, 7) is 6.97. The zero-order chi connectivity index (χ0) is 16.7. The van der Waals surface area contributed by atoms with E-state index in [0.717, 1.165) is 32.0 Å². The van der Waals surface area contributed by atoms with Gasteiger partial charge in [0.25, 0.3) is 0 Å². The topological polar surface area (TPSA) is 32.6 Å². The number of rotatable bonds is 7. The molecule has 2 aromatic heterocycles. The highest BCUT2D eigenvalue weighted by atomic mass is 32.1. The van der Waals surface area contributed by atoms with Gasteiger partial charge in [0.1, 0.15) is 0 Å². The maximum Gasteiger partial charge on any atom is 0.194 e. The van der Waals surface area contributed by atoms with Crippen molar-refractivity contribution in [3.8, 4) is 0 Å². The number of aryl methyl sites for hydroxylation is 1. The first-order valence-electron chi connectivity index (χ1n) is 8.22. The van der Waals surface area contributed by atoms with Gasteiger partial charge in [0.15, 0.2) is 5.96 Å². The van der Waals surface area contributed by atoms with Crippen LogP contribution in [0, 0.1) is 5.92 Å². The van der Waals surface area contributed by atoms with Crippen molar-refractivity contribution in [2.45, 2.75) is 26.8 Å². The molecule has 1 unspecified atom stereocenters. The van der Waals surface area contributed by atoms with Gasteiger partial charge in [-0.1, -0.05) is 13.0 Å². The molecule has 0 amide bonds. The lowest BCUT2D eigenvalue weighted by atomic mass is 10.1. The fourth-order valence-electron chi connectivity index (χ4n) is 2.53. The minimum atomic E-state index is 0.547. The van der Waals surface area contributed by atoms with Crippen molar-refractivity contribution in [1.82, 2.24) is 14.8 Å². The highest BCUT2D eigenvalue weighted by Gasteiger charge is 2.10. The van der Waals surface area contributed by atoms with E-state index in [1.807, 2.05) is 11.3 Å². The van der Waals surface area contributed by atoms with Gasteiger partial charge in [0, 0.05) is 44.0 Å². The van der Waals surface area contributed by atoms with Crippen LogP contribution in [-0.2, 0) is 20.0 Å². The Bertz CT molecular complexity index is 600. The number of guanidine groups is 1. The molecule has 2 rings (SSSR count). The molecule has 0 aromatic carbocycles. The highest BCUT2D eigenvalue weighted by molar-refractivity contribution is 7.09. The van der Waals surface area contributed by atoms with Crippen LogP contribution in [-0.4, -0.2) is 35.6 Å². The van der Waals surface area contributed by atoms with Gasteiger partial charge >= 0.3 is 0 Å². The van der Waals surface area contributed by atoms with E-state index in [1.165, 1.54) is 10.6 Å². The summed E-state index contributed by atoms with van der Waals surface area (Å²) in [5, 5.41) is 5.54. The van der Waals surface area contributed by atoms with Crippen LogP contribution in [0.4, 0.5) is 0 Å². The Morgan fingerprint density at radius 3 is 2.83 bits per heavy atom. The van der Waals surface area contributed by atoms with Crippen LogP contribution in [0.1, 0.15) is 24.4 Å². The van der Waals surface area contributed by atoms with Crippen LogP contribution in [0.5, 0.6) is 0 Å². The summed E-state index contributed by atoms with van der Waals surface area (Å²) < 4.78 is 2.15. The summed E-state index contributed by atoms with van der Waals surface area (Å²) in [6.07, 6.45) is 3.18. The second kappa shape index (κ2) is 8.77. The van der Waals surface area contributed by atoms with Gasteiger partial charge in [-0.15, -0.1) is 11.3 Å². The molecule has 0 bridgehead atoms. The molecule has 1 atom stereocenters. The maximum absolute atomic E-state index is 4.83. The van der Waals surface area contributed by atoms with Crippen molar-refractivity contribution in [2.24, 2.45) is 18.0 Å². The monoisotopic (exact) mass is 332 g/mol. The third-order valence-corrected chi connectivity index (χ3v) is 4.73. The molecule has 0 radical (unpaired) electrons. The van der Waals surface area contributed by atoms with Crippen LogP contribution in [0.15, 0.2) is 40.8 Å². The van der Waals surface area contributed by atoms with E-state index in [2.05, 4.69) is 78.6 Å². The van der Waals surface area contributed by atoms with Gasteiger partial charge < -0.3 is 14.8 Å². The molecule has 0 fully saturated rings. The van der Waals surface area contributed by atoms with Crippen molar-refractivity contribution in [3.05, 3.63) is 46.4 Å². The number of aliphatic imine (C=N–C) groups is 1. The zero-order valence-corrected chi connectivity index (χ0v) is 15.4. The first-order chi connectivity index (χ1) is 11.1. The molecule has 0 aliphatic heterocycles. The predicted octanol–water partition coefficient (Wildman–Crippen LogP) is 3.36. The first kappa shape index (κ1) is 17.6. The normalized spacial score (nSPS) is 13.1. The smallest absolute Gasteiger partial charge is 0.194 e. The van der Waals surface area contributed by atoms with Crippen LogP contribution in [0.2, 0.25) is 0 Å². The summed E-state index contributed by atoms with van der Waals surface area (Å²) in [4.78, 5) is 8.46. The molecule has 5 heteroatoms. The Kier molecular flexibility index (Phi) is 6.71. The van der Waals surface area contributed by atoms with Crippen LogP contribution in [0.3, 0.4) is 0 Å². The van der Waals surface area contributed by atoms with E-state index < -0.39 is 0 Å². The van der Waals surface area contributed by atoms with Crippen molar-refractivity contribution in [3.63, 3.8) is 0 Å². The van der Waals surface area contributed by atoms with Crippen LogP contribution >= 0.6 is 11.3 Å². The van der Waals surface area contributed by atoms with Gasteiger partial charge in [-0.05, 0) is 42.8 Å². The van der Waals surface area contributed by atoms with Gasteiger partial charge in [-0.25, -0.2) is 0 Å². The summed E-state index contributed by atoms with van der Waals surface area (Å²) in [6, 6.07) is 8.56. The molecule has 0 saturated heterocycles. The molecule has 0 aliphatic carbocycles. The number of nitrogens with one attached hydrogen (secondary N) is 1. The molecule has 1 N–H and O–H groups in total. The van der Waals surface area contributed by atoms with Crippen molar-refractivity contribution >= 4 is 17.3 Å². The van der Waals surface area contributed by atoms with Crippen LogP contribution < -0.4 is 5.32 Å². The SMILES string of the molecule is CCNC(=NCC(C)Cc1cccs1)N(C)Cc1cccn1C. The molecule has 23 heavy (non-hydrogen) atoms. The van der Waals surface area contributed by atoms with Crippen molar-refractivity contribution < 1.29 is 0 Å². The van der Waals surface area contributed by atoms with E-state index in [0.29, 0.717) is 5.92 Å². The molecule has 0 saturated carbocycles. The summed E-state index contributed by atoms with van der Waals surface area (Å²) in [5.41, 5.74) is 1.28. The molecule has 2 aromatic rings. The number of thiophene rings is 1. The molecule has 0 aliphatic rings. The minimum absolute atomic E-state index is 0.547. The van der Waals surface area contributed by atoms with E-state index in [9.17, 15) is 0 Å². The minimum Gasteiger partial charge on any atom is -0.357 e. The van der Waals surface area contributed by atoms with Gasteiger partial charge in [0.2, 0.25) is 0 Å². The molecular formula is C18H28N4S. The standard InChI is InChI=1S/C18H28N4S/c1-5-19-18(22(4)14-16-8-6-10-21(16)3)20-13-15(2)12-17-9-7-11-23-17/h6-11,15H,5,12-14H2,1-4H3,(H,19,20). The van der Waals surface area contributed by atoms with Crippen molar-refractivity contribution in [2.75, 3.05) is 20.1 Å². The predicted molar refractivity (Wildman–Crippen MR) is 100 cm³/mol. The number of hydrogen-bond acceptors (Lipinski definition) is 2. The van der Waals surface area contributed by atoms with Gasteiger partial charge in [-0.3, -0.25) is 4.99 Å². The largest absolute Gasteiger partial charge is 0.357 e. The highest BCUT2D eigenvalue weighted by Crippen LogP contribution is 2.14. The average Bonchev–Trinajstić information content (AvgIpc) is 3.16. The lowest BCUT2D eigenvalue weighted by molar-refractivity contribution is 0.458. The number of aromatic nitrogens is 1. The number of hydrogen-bond donors (Lipinski definition) is 1. The average molecular weight is 333 g/mol. The third kappa shape index (κ3) is 5.43. The molecule has 0 spiro atoms. The maximum atomic E-state index is 4.83. The van der Waals surface area contributed by atoms with Crippen LogP contribution in [0.25, 0.3) is 0 Å². The molecule has 4 nitrogen and oxygen atoms in total. The lowest BCUT2D eigenvalue weighted by Crippen LogP contribution is -2.39. The first-order valence-corrected chi connectivity index (χ1v) is 9.10. The Morgan fingerprint density at radius 2 is 2.22 bits per heavy atom. The van der Waals surface area contributed by atoms with Gasteiger partial charge in [-0.2, -0.15) is 0 Å². The molecule has 2 heterocycles. The molecule has 126 valence electrons. The fraction of sp³-hybridized carbons (Fsp3) is 0.500. The second-order valence-corrected chi connectivity index (χ2v) is 7.08. The second-order valence-electron chi connectivity index (χ2n) is 6.05. The third-order valence-electron chi connectivity index (χ3n) is 3.83. The van der Waals surface area contributed by atoms with E-state index >= 15 is 0 Å². The Hall–Kier alpha value is -1.75. The van der Waals surface area contributed by atoms with Gasteiger partial charge in [0.05, 0.1) is 6.54 Å². The fourth-order valence-corrected chi connectivity index (χ4v) is 3.40. The summed E-state index contributed by atoms with van der Waals surface area (Å²) >= 11 is 1.83. The summed E-state index contributed by atoms with van der Waals surface area (Å²) in [5.74, 6) is 1.53. The Labute approximate surface area is 143 Å². The Balaban J connectivity index is 1.94. The quantitative estimate of drug-likeness (QED) is 0.623. The summed E-state index contributed by atoms with van der Waals surface area (Å²) in [7, 11) is 4.18. The Morgan fingerprint density at radius 1 is 1.39 bits per heavy atom. The van der Waals surface area contributed by atoms with Crippen molar-refractivity contribution in [1.29, 1.82) is 0 Å². The van der Waals surface area contributed by atoms with E-state index in [4.69, 9.17) is 4.99 Å². The number of nitrogens with zero attached hydrogens (tertiary/aromatic N) is 3. The molecular weight excluding hydrogens is 304 g/mol. The van der Waals surface area contributed by atoms with E-state index in [-0.39, 0.29) is 0 Å². The lowest BCUT2D eigenvalue weighted by Gasteiger charge is -2.23. The van der Waals surface area contributed by atoms with E-state index in [1.54, 1.807) is 0 Å². The zero-order valence-electron chi connectivity index (χ0n) is 14.6.